The van der Waals surface area contributed by atoms with Gasteiger partial charge in [0.05, 0.1) is 0 Å². The molecule has 0 aliphatic carbocycles. The van der Waals surface area contributed by atoms with E-state index in [1.54, 1.807) is 19.1 Å². The second-order valence-corrected chi connectivity index (χ2v) is 4.91. The molecular weight excluding hydrogens is 231 g/mol. The number of aryl methyl sites for hydroxylation is 1. The van der Waals surface area contributed by atoms with Crippen molar-refractivity contribution in [1.29, 1.82) is 0 Å². The van der Waals surface area contributed by atoms with E-state index in [1.165, 1.54) is 6.07 Å². The number of anilines is 1. The van der Waals surface area contributed by atoms with E-state index in [9.17, 15) is 9.18 Å². The number of carbonyl (C=O) groups is 1. The van der Waals surface area contributed by atoms with E-state index in [4.69, 9.17) is 0 Å². The van der Waals surface area contributed by atoms with Crippen LogP contribution in [0.5, 0.6) is 0 Å². The molecule has 98 valence electrons. The average Bonchev–Trinajstić information content (AvgIpc) is 2.35. The van der Waals surface area contributed by atoms with Crippen molar-refractivity contribution in [3.63, 3.8) is 0 Å². The van der Waals surface area contributed by atoms with Gasteiger partial charge in [-0.1, -0.05) is 6.07 Å². The SMILES string of the molecule is Cc1ccc(NC(=O)CC2CCNCC2)cc1F. The van der Waals surface area contributed by atoms with Crippen molar-refractivity contribution < 1.29 is 9.18 Å². The Labute approximate surface area is 107 Å². The number of nitrogens with one attached hydrogen (secondary N) is 2. The van der Waals surface area contributed by atoms with E-state index in [0.717, 1.165) is 25.9 Å². The summed E-state index contributed by atoms with van der Waals surface area (Å²) in [5.74, 6) is 0.140. The third kappa shape index (κ3) is 3.53. The lowest BCUT2D eigenvalue weighted by Crippen LogP contribution is -2.30. The van der Waals surface area contributed by atoms with Crippen molar-refractivity contribution in [1.82, 2.24) is 5.32 Å². The first-order chi connectivity index (χ1) is 8.65. The molecule has 0 bridgehead atoms. The highest BCUT2D eigenvalue weighted by Crippen LogP contribution is 2.18. The van der Waals surface area contributed by atoms with Crippen LogP contribution in [0.4, 0.5) is 10.1 Å². The molecule has 1 heterocycles. The Hall–Kier alpha value is -1.42. The molecule has 0 aromatic heterocycles. The molecule has 4 heteroatoms. The molecule has 1 saturated heterocycles. The molecule has 1 aliphatic heterocycles. The van der Waals surface area contributed by atoms with E-state index in [1.807, 2.05) is 0 Å². The number of hydrogen-bond donors (Lipinski definition) is 2. The molecular formula is C14H19FN2O. The molecule has 2 rings (SSSR count). The largest absolute Gasteiger partial charge is 0.326 e. The molecule has 0 atom stereocenters. The maximum absolute atomic E-state index is 13.3. The van der Waals surface area contributed by atoms with Crippen molar-refractivity contribution in [2.24, 2.45) is 5.92 Å². The van der Waals surface area contributed by atoms with Gasteiger partial charge in [0.2, 0.25) is 5.91 Å². The molecule has 0 radical (unpaired) electrons. The van der Waals surface area contributed by atoms with Crippen LogP contribution in [-0.4, -0.2) is 19.0 Å². The van der Waals surface area contributed by atoms with E-state index in [-0.39, 0.29) is 11.7 Å². The van der Waals surface area contributed by atoms with Crippen LogP contribution in [0.3, 0.4) is 0 Å². The van der Waals surface area contributed by atoms with Crippen LogP contribution in [-0.2, 0) is 4.79 Å². The summed E-state index contributed by atoms with van der Waals surface area (Å²) in [5.41, 5.74) is 1.13. The minimum atomic E-state index is -0.283. The van der Waals surface area contributed by atoms with Gasteiger partial charge in [-0.2, -0.15) is 0 Å². The summed E-state index contributed by atoms with van der Waals surface area (Å²) in [6.45, 7) is 3.67. The first kappa shape index (κ1) is 13.0. The highest BCUT2D eigenvalue weighted by atomic mass is 19.1. The lowest BCUT2D eigenvalue weighted by molar-refractivity contribution is -0.117. The minimum absolute atomic E-state index is 0.0230. The van der Waals surface area contributed by atoms with Crippen LogP contribution < -0.4 is 10.6 Å². The maximum Gasteiger partial charge on any atom is 0.224 e. The second kappa shape index (κ2) is 5.96. The Kier molecular flexibility index (Phi) is 4.31. The number of hydrogen-bond acceptors (Lipinski definition) is 2. The summed E-state index contributed by atoms with van der Waals surface area (Å²) < 4.78 is 13.3. The Balaban J connectivity index is 1.88. The fourth-order valence-corrected chi connectivity index (χ4v) is 2.23. The molecule has 3 nitrogen and oxygen atoms in total. The van der Waals surface area contributed by atoms with E-state index < -0.39 is 0 Å². The first-order valence-corrected chi connectivity index (χ1v) is 6.42. The summed E-state index contributed by atoms with van der Waals surface area (Å²) in [4.78, 5) is 11.8. The maximum atomic E-state index is 13.3. The monoisotopic (exact) mass is 250 g/mol. The zero-order valence-corrected chi connectivity index (χ0v) is 10.6. The molecule has 1 aromatic carbocycles. The summed E-state index contributed by atoms with van der Waals surface area (Å²) in [6.07, 6.45) is 2.60. The average molecular weight is 250 g/mol. The quantitative estimate of drug-likeness (QED) is 0.865. The number of amides is 1. The zero-order chi connectivity index (χ0) is 13.0. The third-order valence-corrected chi connectivity index (χ3v) is 3.39. The predicted octanol–water partition coefficient (Wildman–Crippen LogP) is 2.46. The number of carbonyl (C=O) groups excluding carboxylic acids is 1. The van der Waals surface area contributed by atoms with Gasteiger partial charge in [0.1, 0.15) is 5.82 Å². The van der Waals surface area contributed by atoms with Crippen molar-refractivity contribution in [3.05, 3.63) is 29.6 Å². The van der Waals surface area contributed by atoms with Gasteiger partial charge in [-0.15, -0.1) is 0 Å². The topological polar surface area (TPSA) is 41.1 Å². The van der Waals surface area contributed by atoms with Gasteiger partial charge in [0, 0.05) is 12.1 Å². The fraction of sp³-hybridized carbons (Fsp3) is 0.500. The second-order valence-electron chi connectivity index (χ2n) is 4.91. The van der Waals surface area contributed by atoms with Crippen LogP contribution in [0.1, 0.15) is 24.8 Å². The number of rotatable bonds is 3. The van der Waals surface area contributed by atoms with E-state index >= 15 is 0 Å². The van der Waals surface area contributed by atoms with Crippen molar-refractivity contribution >= 4 is 11.6 Å². The van der Waals surface area contributed by atoms with Crippen LogP contribution >= 0.6 is 0 Å². The van der Waals surface area contributed by atoms with Crippen LogP contribution in [0.15, 0.2) is 18.2 Å². The zero-order valence-electron chi connectivity index (χ0n) is 10.6. The van der Waals surface area contributed by atoms with Gasteiger partial charge in [-0.3, -0.25) is 4.79 Å². The van der Waals surface area contributed by atoms with Gasteiger partial charge in [0.25, 0.3) is 0 Å². The van der Waals surface area contributed by atoms with Crippen LogP contribution in [0, 0.1) is 18.7 Å². The highest BCUT2D eigenvalue weighted by molar-refractivity contribution is 5.90. The lowest BCUT2D eigenvalue weighted by Gasteiger charge is -2.21. The Morgan fingerprint density at radius 3 is 2.83 bits per heavy atom. The van der Waals surface area contributed by atoms with Gasteiger partial charge in [-0.25, -0.2) is 4.39 Å². The smallest absolute Gasteiger partial charge is 0.224 e. The third-order valence-electron chi connectivity index (χ3n) is 3.39. The highest BCUT2D eigenvalue weighted by Gasteiger charge is 2.16. The summed E-state index contributed by atoms with van der Waals surface area (Å²) in [7, 11) is 0. The number of halogens is 1. The standard InChI is InChI=1S/C14H19FN2O/c1-10-2-3-12(9-13(10)15)17-14(18)8-11-4-6-16-7-5-11/h2-3,9,11,16H,4-8H2,1H3,(H,17,18). The van der Waals surface area contributed by atoms with Crippen molar-refractivity contribution in [3.8, 4) is 0 Å². The summed E-state index contributed by atoms with van der Waals surface area (Å²) in [5, 5.41) is 6.03. The molecule has 1 amide bonds. The Morgan fingerprint density at radius 1 is 1.44 bits per heavy atom. The molecule has 1 aliphatic rings. The van der Waals surface area contributed by atoms with E-state index in [2.05, 4.69) is 10.6 Å². The Morgan fingerprint density at radius 2 is 2.17 bits per heavy atom. The van der Waals surface area contributed by atoms with Crippen molar-refractivity contribution in [2.75, 3.05) is 18.4 Å². The van der Waals surface area contributed by atoms with Crippen LogP contribution in [0.25, 0.3) is 0 Å². The molecule has 1 fully saturated rings. The number of piperidine rings is 1. The van der Waals surface area contributed by atoms with E-state index in [0.29, 0.717) is 23.6 Å². The van der Waals surface area contributed by atoms with Gasteiger partial charge >= 0.3 is 0 Å². The summed E-state index contributed by atoms with van der Waals surface area (Å²) in [6, 6.07) is 4.78. The minimum Gasteiger partial charge on any atom is -0.326 e. The molecule has 2 N–H and O–H groups in total. The van der Waals surface area contributed by atoms with Crippen LogP contribution in [0.2, 0.25) is 0 Å². The number of benzene rings is 1. The predicted molar refractivity (Wildman–Crippen MR) is 70.0 cm³/mol. The molecule has 0 saturated carbocycles. The molecule has 18 heavy (non-hydrogen) atoms. The molecule has 0 unspecified atom stereocenters. The first-order valence-electron chi connectivity index (χ1n) is 6.42. The van der Waals surface area contributed by atoms with Crippen molar-refractivity contribution in [2.45, 2.75) is 26.2 Å². The molecule has 0 spiro atoms. The van der Waals surface area contributed by atoms with Gasteiger partial charge in [-0.05, 0) is 56.5 Å². The lowest BCUT2D eigenvalue weighted by atomic mass is 9.94. The molecule has 1 aromatic rings. The van der Waals surface area contributed by atoms with Gasteiger partial charge in [0.15, 0.2) is 0 Å². The normalized spacial score (nSPS) is 16.6. The Bertz CT molecular complexity index is 428. The summed E-state index contributed by atoms with van der Waals surface area (Å²) >= 11 is 0. The fourth-order valence-electron chi connectivity index (χ4n) is 2.23. The van der Waals surface area contributed by atoms with Gasteiger partial charge < -0.3 is 10.6 Å².